The zero-order valence-electron chi connectivity index (χ0n) is 16.4. The third-order valence-electron chi connectivity index (χ3n) is 4.84. The van der Waals surface area contributed by atoms with Crippen LogP contribution < -0.4 is 10.6 Å². The quantitative estimate of drug-likeness (QED) is 0.686. The normalized spacial score (nSPS) is 15.4. The summed E-state index contributed by atoms with van der Waals surface area (Å²) in [5.41, 5.74) is 3.94. The third kappa shape index (κ3) is 6.08. The molecule has 136 valence electrons. The maximum atomic E-state index is 4.54. The van der Waals surface area contributed by atoms with Crippen molar-refractivity contribution in [2.75, 3.05) is 11.9 Å². The average molecular weight is 340 g/mol. The molecule has 1 atom stereocenters. The van der Waals surface area contributed by atoms with Gasteiger partial charge in [-0.1, -0.05) is 59.8 Å². The van der Waals surface area contributed by atoms with Crippen molar-refractivity contribution in [2.45, 2.75) is 53.9 Å². The number of benzene rings is 1. The van der Waals surface area contributed by atoms with Crippen LogP contribution in [0.15, 0.2) is 53.3 Å². The highest BCUT2D eigenvalue weighted by atomic mass is 15.1. The maximum Gasteiger partial charge on any atom is 0.126 e. The first-order valence-electron chi connectivity index (χ1n) is 9.35. The lowest BCUT2D eigenvalue weighted by atomic mass is 9.87. The summed E-state index contributed by atoms with van der Waals surface area (Å²) in [6.07, 6.45) is 5.77. The fraction of sp³-hybridized carbons (Fsp3) is 0.500. The smallest absolute Gasteiger partial charge is 0.126 e. The van der Waals surface area contributed by atoms with E-state index in [-0.39, 0.29) is 5.41 Å². The molecule has 2 N–H and O–H groups in total. The van der Waals surface area contributed by atoms with Gasteiger partial charge in [-0.3, -0.25) is 4.99 Å². The van der Waals surface area contributed by atoms with Crippen LogP contribution in [0.1, 0.15) is 53.0 Å². The van der Waals surface area contributed by atoms with Gasteiger partial charge in [-0.15, -0.1) is 0 Å². The molecule has 0 spiro atoms. The largest absolute Gasteiger partial charge is 0.342 e. The summed E-state index contributed by atoms with van der Waals surface area (Å²) in [7, 11) is 0. The summed E-state index contributed by atoms with van der Waals surface area (Å²) in [5, 5.41) is 6.57. The van der Waals surface area contributed by atoms with Crippen molar-refractivity contribution in [1.29, 1.82) is 0 Å². The fourth-order valence-corrected chi connectivity index (χ4v) is 2.69. The Labute approximate surface area is 153 Å². The minimum absolute atomic E-state index is 0.160. The molecular weight excluding hydrogens is 306 g/mol. The highest BCUT2D eigenvalue weighted by Crippen LogP contribution is 2.27. The molecule has 0 amide bonds. The van der Waals surface area contributed by atoms with Crippen LogP contribution in [0.5, 0.6) is 0 Å². The van der Waals surface area contributed by atoms with Crippen molar-refractivity contribution in [2.24, 2.45) is 16.3 Å². The van der Waals surface area contributed by atoms with Crippen LogP contribution in [-0.2, 0) is 6.42 Å². The molecular formula is C22H33N3. The molecule has 0 bridgehead atoms. The lowest BCUT2D eigenvalue weighted by Gasteiger charge is -2.18. The second-order valence-electron chi connectivity index (χ2n) is 8.10. The molecule has 0 saturated carbocycles. The van der Waals surface area contributed by atoms with Crippen LogP contribution in [0, 0.1) is 11.3 Å². The van der Waals surface area contributed by atoms with Crippen molar-refractivity contribution in [3.8, 4) is 0 Å². The van der Waals surface area contributed by atoms with E-state index in [1.807, 2.05) is 0 Å². The number of aliphatic imine (C=N–C) groups is 1. The summed E-state index contributed by atoms with van der Waals surface area (Å²) in [4.78, 5) is 4.54. The Morgan fingerprint density at radius 2 is 1.88 bits per heavy atom. The first-order chi connectivity index (χ1) is 11.8. The molecule has 1 aliphatic heterocycles. The fourth-order valence-electron chi connectivity index (χ4n) is 2.69. The van der Waals surface area contributed by atoms with E-state index in [1.165, 1.54) is 24.0 Å². The van der Waals surface area contributed by atoms with Gasteiger partial charge < -0.3 is 10.6 Å². The summed E-state index contributed by atoms with van der Waals surface area (Å²) in [5.74, 6) is 2.42. The predicted molar refractivity (Wildman–Crippen MR) is 110 cm³/mol. The predicted octanol–water partition coefficient (Wildman–Crippen LogP) is 5.52. The van der Waals surface area contributed by atoms with Gasteiger partial charge in [0.25, 0.3) is 0 Å². The number of hydrogen-bond acceptors (Lipinski definition) is 3. The number of nitrogens with zero attached hydrogens (tertiary/aromatic N) is 1. The molecule has 3 nitrogen and oxygen atoms in total. The number of anilines is 1. The van der Waals surface area contributed by atoms with E-state index in [0.29, 0.717) is 0 Å². The molecule has 1 heterocycles. The number of nitrogens with one attached hydrogen (secondary N) is 2. The molecule has 1 aromatic carbocycles. The Hall–Kier alpha value is -2.03. The van der Waals surface area contributed by atoms with E-state index in [1.54, 1.807) is 0 Å². The van der Waals surface area contributed by atoms with Gasteiger partial charge >= 0.3 is 0 Å². The molecule has 1 unspecified atom stereocenters. The Bertz CT molecular complexity index is 645. The van der Waals surface area contributed by atoms with Crippen LogP contribution in [0.25, 0.3) is 0 Å². The summed E-state index contributed by atoms with van der Waals surface area (Å²) < 4.78 is 0. The van der Waals surface area contributed by atoms with Gasteiger partial charge in [0.1, 0.15) is 11.7 Å². The molecule has 2 rings (SSSR count). The molecule has 25 heavy (non-hydrogen) atoms. The molecule has 0 aromatic heterocycles. The van der Waals surface area contributed by atoms with Crippen LogP contribution in [0.2, 0.25) is 0 Å². The topological polar surface area (TPSA) is 36.4 Å². The molecule has 1 aromatic rings. The van der Waals surface area contributed by atoms with Gasteiger partial charge in [0.15, 0.2) is 0 Å². The van der Waals surface area contributed by atoms with E-state index in [2.05, 4.69) is 87.2 Å². The van der Waals surface area contributed by atoms with Crippen LogP contribution >= 0.6 is 0 Å². The highest BCUT2D eigenvalue weighted by Gasteiger charge is 2.20. The van der Waals surface area contributed by atoms with Gasteiger partial charge in [0.2, 0.25) is 0 Å². The number of amidine groups is 1. The van der Waals surface area contributed by atoms with Gasteiger partial charge in [-0.25, -0.2) is 0 Å². The summed E-state index contributed by atoms with van der Waals surface area (Å²) >= 11 is 0. The van der Waals surface area contributed by atoms with Gasteiger partial charge in [0, 0.05) is 5.69 Å². The molecule has 0 saturated heterocycles. The first kappa shape index (κ1) is 19.3. The maximum absolute atomic E-state index is 4.54. The summed E-state index contributed by atoms with van der Waals surface area (Å²) in [6, 6.07) is 8.63. The van der Waals surface area contributed by atoms with Gasteiger partial charge in [-0.05, 0) is 53.5 Å². The zero-order chi connectivity index (χ0) is 18.4. The Morgan fingerprint density at radius 3 is 2.44 bits per heavy atom. The van der Waals surface area contributed by atoms with Crippen molar-refractivity contribution < 1.29 is 0 Å². The summed E-state index contributed by atoms with van der Waals surface area (Å²) in [6.45, 7) is 16.0. The lowest BCUT2D eigenvalue weighted by Crippen LogP contribution is -2.24. The Kier molecular flexibility index (Phi) is 6.46. The monoisotopic (exact) mass is 339 g/mol. The zero-order valence-corrected chi connectivity index (χ0v) is 16.4. The average Bonchev–Trinajstić information content (AvgIpc) is 3.02. The number of hydrogen-bond donors (Lipinski definition) is 2. The van der Waals surface area contributed by atoms with Gasteiger partial charge in [0.05, 0.1) is 6.54 Å². The van der Waals surface area contributed by atoms with Crippen molar-refractivity contribution in [1.82, 2.24) is 5.32 Å². The molecule has 0 aliphatic carbocycles. The number of aryl methyl sites for hydroxylation is 1. The Balaban J connectivity index is 1.84. The second-order valence-corrected chi connectivity index (χ2v) is 8.10. The molecule has 0 fully saturated rings. The number of rotatable bonds is 7. The van der Waals surface area contributed by atoms with E-state index in [9.17, 15) is 0 Å². The SMILES string of the molecule is C=C(NC1=NCC(C(C)(C)C)=C1)Nc1ccc(CCC(C)CC)cc1. The van der Waals surface area contributed by atoms with Crippen molar-refractivity contribution >= 4 is 11.5 Å². The standard InChI is InChI=1S/C22H33N3/c1-7-16(2)8-9-18-10-12-20(13-11-18)24-17(3)25-21-14-19(15-23-21)22(4,5)6/h10-14,16,24H,3,7-9,15H2,1-2,4-6H3,(H,23,25). The van der Waals surface area contributed by atoms with Crippen molar-refractivity contribution in [3.63, 3.8) is 0 Å². The van der Waals surface area contributed by atoms with E-state index < -0.39 is 0 Å². The second kappa shape index (κ2) is 8.37. The Morgan fingerprint density at radius 1 is 1.20 bits per heavy atom. The molecule has 1 aliphatic rings. The van der Waals surface area contributed by atoms with Crippen LogP contribution in [0.4, 0.5) is 5.69 Å². The van der Waals surface area contributed by atoms with E-state index in [4.69, 9.17) is 0 Å². The molecule has 3 heteroatoms. The highest BCUT2D eigenvalue weighted by molar-refractivity contribution is 5.97. The third-order valence-corrected chi connectivity index (χ3v) is 4.84. The lowest BCUT2D eigenvalue weighted by molar-refractivity contribution is 0.499. The molecule has 0 radical (unpaired) electrons. The van der Waals surface area contributed by atoms with Crippen LogP contribution in [0.3, 0.4) is 0 Å². The van der Waals surface area contributed by atoms with Crippen molar-refractivity contribution in [3.05, 3.63) is 53.9 Å². The minimum Gasteiger partial charge on any atom is -0.342 e. The minimum atomic E-state index is 0.160. The van der Waals surface area contributed by atoms with Crippen LogP contribution in [-0.4, -0.2) is 12.4 Å². The van der Waals surface area contributed by atoms with Gasteiger partial charge in [-0.2, -0.15) is 0 Å². The first-order valence-corrected chi connectivity index (χ1v) is 9.35. The van der Waals surface area contributed by atoms with E-state index in [0.717, 1.165) is 36.2 Å². The van der Waals surface area contributed by atoms with E-state index >= 15 is 0 Å².